The predicted octanol–water partition coefficient (Wildman–Crippen LogP) is 2.00. The molecular weight excluding hydrogens is 191 g/mol. The lowest BCUT2D eigenvalue weighted by Gasteiger charge is -2.38. The molecule has 15 heavy (non-hydrogen) atoms. The molecule has 0 saturated heterocycles. The van der Waals surface area contributed by atoms with Gasteiger partial charge in [-0.25, -0.2) is 0 Å². The molecule has 0 aliphatic rings. The average molecular weight is 214 g/mol. The summed E-state index contributed by atoms with van der Waals surface area (Å²) < 4.78 is 5.42. The zero-order valence-corrected chi connectivity index (χ0v) is 10.3. The van der Waals surface area contributed by atoms with E-state index in [1.165, 1.54) is 0 Å². The fourth-order valence-electron chi connectivity index (χ4n) is 0.980. The molecule has 0 radical (unpaired) electrons. The Bertz CT molecular complexity index is 196. The van der Waals surface area contributed by atoms with Crippen LogP contribution in [0.3, 0.4) is 0 Å². The van der Waals surface area contributed by atoms with Crippen molar-refractivity contribution in [3.05, 3.63) is 12.7 Å². The average Bonchev–Trinajstić information content (AvgIpc) is 2.01. The summed E-state index contributed by atoms with van der Waals surface area (Å²) in [7, 11) is -0.827. The van der Waals surface area contributed by atoms with Gasteiger partial charge in [-0.1, -0.05) is 12.5 Å². The Morgan fingerprint density at radius 3 is 2.27 bits per heavy atom. The molecule has 0 aromatic carbocycles. The van der Waals surface area contributed by atoms with Crippen molar-refractivity contribution in [2.75, 3.05) is 0 Å². The van der Waals surface area contributed by atoms with E-state index >= 15 is 0 Å². The van der Waals surface area contributed by atoms with E-state index in [4.69, 9.17) is 4.65 Å². The van der Waals surface area contributed by atoms with Crippen LogP contribution >= 0.6 is 0 Å². The van der Waals surface area contributed by atoms with Gasteiger partial charge in [0.25, 0.3) is 0 Å². The Morgan fingerprint density at radius 2 is 1.87 bits per heavy atom. The van der Waals surface area contributed by atoms with E-state index in [-0.39, 0.29) is 0 Å². The minimum Gasteiger partial charge on any atom is -0.427 e. The minimum absolute atomic E-state index is 0.561. The van der Waals surface area contributed by atoms with E-state index in [9.17, 15) is 10.1 Å². The van der Waals surface area contributed by atoms with E-state index in [2.05, 4.69) is 6.58 Å². The van der Waals surface area contributed by atoms with Gasteiger partial charge in [0, 0.05) is 0 Å². The lowest BCUT2D eigenvalue weighted by Crippen LogP contribution is -2.50. The summed E-state index contributed by atoms with van der Waals surface area (Å²) in [6.45, 7) is 10.5. The smallest absolute Gasteiger partial charge is 0.427 e. The number of hydrogen-bond donors (Lipinski definition) is 2. The molecule has 0 saturated carbocycles. The summed E-state index contributed by atoms with van der Waals surface area (Å²) in [5.74, 6) is 0. The van der Waals surface area contributed by atoms with Gasteiger partial charge in [-0.05, 0) is 40.4 Å². The SMILES string of the molecule is C=CCCCB(O)OC(C)(C)C(C)(C)O. The fraction of sp³-hybridized carbons (Fsp3) is 0.818. The number of allylic oxidation sites excluding steroid dienone is 1. The molecule has 0 fully saturated rings. The van der Waals surface area contributed by atoms with Crippen molar-refractivity contribution in [1.82, 2.24) is 0 Å². The highest BCUT2D eigenvalue weighted by Crippen LogP contribution is 2.26. The first kappa shape index (κ1) is 14.7. The normalized spacial score (nSPS) is 12.7. The maximum Gasteiger partial charge on any atom is 0.454 e. The zero-order valence-electron chi connectivity index (χ0n) is 10.3. The van der Waals surface area contributed by atoms with Crippen LogP contribution in [-0.2, 0) is 4.65 Å². The molecule has 0 aliphatic heterocycles. The Kier molecular flexibility index (Phi) is 5.56. The molecule has 0 aromatic rings. The molecule has 0 amide bonds. The second-order valence-electron chi connectivity index (χ2n) is 4.86. The van der Waals surface area contributed by atoms with E-state index in [0.29, 0.717) is 6.32 Å². The van der Waals surface area contributed by atoms with Gasteiger partial charge in [0.2, 0.25) is 0 Å². The van der Waals surface area contributed by atoms with Crippen molar-refractivity contribution >= 4 is 7.12 Å². The van der Waals surface area contributed by atoms with Crippen molar-refractivity contribution in [2.45, 2.75) is 58.1 Å². The van der Waals surface area contributed by atoms with Gasteiger partial charge in [0.1, 0.15) is 0 Å². The molecule has 0 unspecified atom stereocenters. The summed E-state index contributed by atoms with van der Waals surface area (Å²) in [4.78, 5) is 0. The summed E-state index contributed by atoms with van der Waals surface area (Å²) in [5.41, 5.74) is -1.74. The van der Waals surface area contributed by atoms with E-state index in [0.717, 1.165) is 12.8 Å². The van der Waals surface area contributed by atoms with Gasteiger partial charge in [0.05, 0.1) is 11.2 Å². The Hall–Kier alpha value is -0.315. The minimum atomic E-state index is -0.980. The van der Waals surface area contributed by atoms with E-state index < -0.39 is 18.3 Å². The van der Waals surface area contributed by atoms with Crippen LogP contribution in [0.4, 0.5) is 0 Å². The van der Waals surface area contributed by atoms with Gasteiger partial charge < -0.3 is 14.8 Å². The molecule has 2 N–H and O–H groups in total. The lowest BCUT2D eigenvalue weighted by molar-refractivity contribution is -0.1000. The lowest BCUT2D eigenvalue weighted by atomic mass is 9.79. The molecular formula is C11H23BO3. The second-order valence-corrected chi connectivity index (χ2v) is 4.86. The molecule has 0 aromatic heterocycles. The summed E-state index contributed by atoms with van der Waals surface area (Å²) in [6.07, 6.45) is 4.08. The number of hydrogen-bond acceptors (Lipinski definition) is 3. The highest BCUT2D eigenvalue weighted by Gasteiger charge is 2.38. The molecule has 0 spiro atoms. The largest absolute Gasteiger partial charge is 0.454 e. The first-order chi connectivity index (χ1) is 6.70. The first-order valence-electron chi connectivity index (χ1n) is 5.40. The van der Waals surface area contributed by atoms with E-state index in [1.54, 1.807) is 27.7 Å². The molecule has 0 atom stereocenters. The molecule has 0 rings (SSSR count). The van der Waals surface area contributed by atoms with Crippen molar-refractivity contribution < 1.29 is 14.8 Å². The Labute approximate surface area is 93.3 Å². The highest BCUT2D eigenvalue weighted by atomic mass is 16.5. The van der Waals surface area contributed by atoms with Gasteiger partial charge >= 0.3 is 7.12 Å². The van der Waals surface area contributed by atoms with Crippen molar-refractivity contribution in [3.63, 3.8) is 0 Å². The molecule has 0 heterocycles. The third-order valence-electron chi connectivity index (χ3n) is 2.76. The molecule has 0 aliphatic carbocycles. The second kappa shape index (κ2) is 5.68. The fourth-order valence-corrected chi connectivity index (χ4v) is 0.980. The quantitative estimate of drug-likeness (QED) is 0.387. The van der Waals surface area contributed by atoms with Crippen molar-refractivity contribution in [3.8, 4) is 0 Å². The number of rotatable bonds is 7. The van der Waals surface area contributed by atoms with Crippen LogP contribution in [0.15, 0.2) is 12.7 Å². The zero-order chi connectivity index (χ0) is 12.1. The van der Waals surface area contributed by atoms with Gasteiger partial charge in [0.15, 0.2) is 0 Å². The number of unbranched alkanes of at least 4 members (excludes halogenated alkanes) is 1. The maximum absolute atomic E-state index is 9.81. The molecule has 88 valence electrons. The Morgan fingerprint density at radius 1 is 1.33 bits per heavy atom. The number of aliphatic hydroxyl groups is 1. The van der Waals surface area contributed by atoms with Crippen LogP contribution in [0.25, 0.3) is 0 Å². The van der Waals surface area contributed by atoms with Crippen LogP contribution in [0, 0.1) is 0 Å². The summed E-state index contributed by atoms with van der Waals surface area (Å²) in [6, 6.07) is 0. The molecule has 4 heteroatoms. The topological polar surface area (TPSA) is 49.7 Å². The van der Waals surface area contributed by atoms with Crippen LogP contribution in [0.1, 0.15) is 40.5 Å². The first-order valence-corrected chi connectivity index (χ1v) is 5.40. The summed E-state index contributed by atoms with van der Waals surface area (Å²) in [5, 5.41) is 19.4. The third kappa shape index (κ3) is 5.35. The van der Waals surface area contributed by atoms with Crippen LogP contribution in [0.2, 0.25) is 6.32 Å². The predicted molar refractivity (Wildman–Crippen MR) is 63.7 cm³/mol. The highest BCUT2D eigenvalue weighted by molar-refractivity contribution is 6.42. The van der Waals surface area contributed by atoms with Gasteiger partial charge in [-0.2, -0.15) is 0 Å². The van der Waals surface area contributed by atoms with Crippen LogP contribution in [0.5, 0.6) is 0 Å². The molecule has 3 nitrogen and oxygen atoms in total. The van der Waals surface area contributed by atoms with Crippen molar-refractivity contribution in [1.29, 1.82) is 0 Å². The maximum atomic E-state index is 9.81. The van der Waals surface area contributed by atoms with E-state index in [1.807, 2.05) is 6.08 Å². The van der Waals surface area contributed by atoms with Crippen LogP contribution < -0.4 is 0 Å². The monoisotopic (exact) mass is 214 g/mol. The standard InChI is InChI=1S/C11H23BO3/c1-6-7-8-9-12(14)15-11(4,5)10(2,3)13/h6,13-14H,1,7-9H2,2-5H3. The molecule has 0 bridgehead atoms. The van der Waals surface area contributed by atoms with Gasteiger partial charge in [-0.3, -0.25) is 0 Å². The van der Waals surface area contributed by atoms with Gasteiger partial charge in [-0.15, -0.1) is 6.58 Å². The van der Waals surface area contributed by atoms with Crippen molar-refractivity contribution in [2.24, 2.45) is 0 Å². The third-order valence-corrected chi connectivity index (χ3v) is 2.76. The van der Waals surface area contributed by atoms with Crippen LogP contribution in [-0.4, -0.2) is 28.5 Å². The summed E-state index contributed by atoms with van der Waals surface area (Å²) >= 11 is 0. The Balaban J connectivity index is 4.04.